The molecule has 0 spiro atoms. The van der Waals surface area contributed by atoms with Gasteiger partial charge in [0.1, 0.15) is 11.6 Å². The van der Waals surface area contributed by atoms with Crippen molar-refractivity contribution in [2.24, 2.45) is 0 Å². The topological polar surface area (TPSA) is 141 Å². The van der Waals surface area contributed by atoms with Gasteiger partial charge in [-0.05, 0) is 36.3 Å². The first kappa shape index (κ1) is 23.9. The molecule has 0 radical (unpaired) electrons. The van der Waals surface area contributed by atoms with Crippen LogP contribution >= 0.6 is 0 Å². The zero-order chi connectivity index (χ0) is 23.5. The molecule has 0 aromatic heterocycles. The van der Waals surface area contributed by atoms with E-state index < -0.39 is 23.4 Å². The third-order valence-electron chi connectivity index (χ3n) is 4.03. The highest BCUT2D eigenvalue weighted by atomic mass is 16.6. The number of carbonyl (C=O) groups excluding carboxylic acids is 2. The van der Waals surface area contributed by atoms with Gasteiger partial charge >= 0.3 is 11.7 Å². The van der Waals surface area contributed by atoms with Gasteiger partial charge < -0.3 is 19.5 Å². The molecule has 0 fully saturated rings. The lowest BCUT2D eigenvalue weighted by atomic mass is 10.1. The van der Waals surface area contributed by atoms with Crippen LogP contribution in [0.2, 0.25) is 0 Å². The first-order valence-electron chi connectivity index (χ1n) is 9.54. The number of amides is 1. The number of para-hydroxylation sites is 2. The Morgan fingerprint density at radius 2 is 1.94 bits per heavy atom. The smallest absolute Gasteiger partial charge is 0.349 e. The van der Waals surface area contributed by atoms with Gasteiger partial charge in [0.25, 0.3) is 5.91 Å². The average molecular weight is 439 g/mol. The van der Waals surface area contributed by atoms with E-state index in [4.69, 9.17) is 14.2 Å². The Balaban J connectivity index is 2.10. The van der Waals surface area contributed by atoms with Gasteiger partial charge in [0, 0.05) is 12.6 Å². The van der Waals surface area contributed by atoms with Crippen LogP contribution < -0.4 is 19.5 Å². The summed E-state index contributed by atoms with van der Waals surface area (Å²) in [6.45, 7) is 1.78. The van der Waals surface area contributed by atoms with E-state index in [1.807, 2.05) is 13.0 Å². The van der Waals surface area contributed by atoms with Crippen molar-refractivity contribution in [2.75, 3.05) is 20.3 Å². The quantitative estimate of drug-likeness (QED) is 0.149. The number of methoxy groups -OCH3 is 1. The van der Waals surface area contributed by atoms with Crippen molar-refractivity contribution in [1.29, 1.82) is 5.26 Å². The second-order valence-electron chi connectivity index (χ2n) is 6.32. The van der Waals surface area contributed by atoms with Gasteiger partial charge in [0.2, 0.25) is 0 Å². The second-order valence-corrected chi connectivity index (χ2v) is 6.32. The third-order valence-corrected chi connectivity index (χ3v) is 4.03. The fourth-order valence-electron chi connectivity index (χ4n) is 2.53. The molecule has 2 rings (SSSR count). The Hall–Kier alpha value is -4.39. The van der Waals surface area contributed by atoms with Crippen LogP contribution in [0, 0.1) is 21.4 Å². The molecule has 0 aliphatic rings. The lowest BCUT2D eigenvalue weighted by Crippen LogP contribution is -2.25. The summed E-state index contributed by atoms with van der Waals surface area (Å²) < 4.78 is 15.7. The van der Waals surface area contributed by atoms with Crippen LogP contribution in [0.1, 0.15) is 18.9 Å². The van der Waals surface area contributed by atoms with Gasteiger partial charge in [-0.2, -0.15) is 5.26 Å². The molecule has 0 heterocycles. The maximum atomic E-state index is 12.2. The molecule has 0 saturated carbocycles. The van der Waals surface area contributed by atoms with Gasteiger partial charge in [-0.3, -0.25) is 14.9 Å². The minimum Gasteiger partial charge on any atom is -0.493 e. The summed E-state index contributed by atoms with van der Waals surface area (Å²) in [7, 11) is 1.36. The number of nitro groups is 1. The Morgan fingerprint density at radius 3 is 2.59 bits per heavy atom. The summed E-state index contributed by atoms with van der Waals surface area (Å²) in [5.74, 6) is -1.09. The molecule has 2 aromatic rings. The van der Waals surface area contributed by atoms with Gasteiger partial charge in [0.15, 0.2) is 23.9 Å². The number of hydrogen-bond acceptors (Lipinski definition) is 8. The first-order chi connectivity index (χ1) is 15.4. The Bertz CT molecular complexity index is 1070. The van der Waals surface area contributed by atoms with E-state index in [0.29, 0.717) is 12.1 Å². The highest BCUT2D eigenvalue weighted by Gasteiger charge is 2.17. The first-order valence-corrected chi connectivity index (χ1v) is 9.54. The largest absolute Gasteiger partial charge is 0.493 e. The summed E-state index contributed by atoms with van der Waals surface area (Å²) in [6, 6.07) is 12.0. The number of carbonyl (C=O) groups is 2. The maximum Gasteiger partial charge on any atom is 0.349 e. The van der Waals surface area contributed by atoms with Crippen LogP contribution in [0.15, 0.2) is 48.0 Å². The van der Waals surface area contributed by atoms with Crippen molar-refractivity contribution in [3.05, 3.63) is 63.7 Å². The van der Waals surface area contributed by atoms with E-state index in [1.54, 1.807) is 12.1 Å². The number of rotatable bonds is 10. The molecular formula is C22H21N3O7. The summed E-state index contributed by atoms with van der Waals surface area (Å²) >= 11 is 0. The number of esters is 1. The van der Waals surface area contributed by atoms with Gasteiger partial charge in [-0.15, -0.1) is 0 Å². The van der Waals surface area contributed by atoms with Crippen LogP contribution in [-0.4, -0.2) is 37.1 Å². The molecule has 2 aromatic carbocycles. The molecule has 166 valence electrons. The molecule has 0 unspecified atom stereocenters. The van der Waals surface area contributed by atoms with Gasteiger partial charge in [0.05, 0.1) is 12.0 Å². The highest BCUT2D eigenvalue weighted by molar-refractivity contribution is 6.01. The Labute approximate surface area is 184 Å². The summed E-state index contributed by atoms with van der Waals surface area (Å²) in [6.07, 6.45) is 2.12. The van der Waals surface area contributed by atoms with E-state index in [1.165, 1.54) is 43.5 Å². The lowest BCUT2D eigenvalue weighted by Gasteiger charge is -2.11. The molecule has 10 nitrogen and oxygen atoms in total. The van der Waals surface area contributed by atoms with Crippen molar-refractivity contribution >= 4 is 23.6 Å². The lowest BCUT2D eigenvalue weighted by molar-refractivity contribution is -0.385. The minimum atomic E-state index is -0.804. The standard InChI is InChI=1S/C22H21N3O7/c1-3-10-24-22(27)16(13-23)11-15-8-9-19(20(12-15)30-2)32-21(26)14-31-18-7-5-4-6-17(18)25(28)29/h4-9,11-12H,3,10,14H2,1-2H3,(H,24,27)/b16-11+. The van der Waals surface area contributed by atoms with E-state index in [9.17, 15) is 25.0 Å². The fourth-order valence-corrected chi connectivity index (χ4v) is 2.53. The number of ether oxygens (including phenoxy) is 3. The molecule has 32 heavy (non-hydrogen) atoms. The number of nitrogens with zero attached hydrogens (tertiary/aromatic N) is 2. The molecule has 0 aliphatic heterocycles. The van der Waals surface area contributed by atoms with E-state index in [-0.39, 0.29) is 28.5 Å². The monoisotopic (exact) mass is 439 g/mol. The molecule has 0 saturated heterocycles. The number of nitro benzene ring substituents is 1. The SMILES string of the molecule is CCCNC(=O)/C(C#N)=C/c1ccc(OC(=O)COc2ccccc2[N+](=O)[O-])c(OC)c1. The Kier molecular flexibility index (Phi) is 8.74. The van der Waals surface area contributed by atoms with Crippen molar-refractivity contribution in [1.82, 2.24) is 5.32 Å². The maximum absolute atomic E-state index is 12.2. The van der Waals surface area contributed by atoms with E-state index in [0.717, 1.165) is 6.42 Å². The van der Waals surface area contributed by atoms with E-state index in [2.05, 4.69) is 5.32 Å². The fraction of sp³-hybridized carbons (Fsp3) is 0.227. The zero-order valence-electron chi connectivity index (χ0n) is 17.5. The summed E-state index contributed by atoms with van der Waals surface area (Å²) in [5, 5.41) is 22.9. The van der Waals surface area contributed by atoms with Gasteiger partial charge in [-0.1, -0.05) is 25.1 Å². The van der Waals surface area contributed by atoms with Crippen molar-refractivity contribution in [2.45, 2.75) is 13.3 Å². The molecule has 0 atom stereocenters. The van der Waals surface area contributed by atoms with Gasteiger partial charge in [-0.25, -0.2) is 4.79 Å². The van der Waals surface area contributed by atoms with Crippen molar-refractivity contribution in [3.8, 4) is 23.3 Å². The minimum absolute atomic E-state index is 0.0627. The molecule has 0 aliphatic carbocycles. The van der Waals surface area contributed by atoms with E-state index >= 15 is 0 Å². The summed E-state index contributed by atoms with van der Waals surface area (Å²) in [5.41, 5.74) is 0.134. The third kappa shape index (κ3) is 6.56. The second kappa shape index (κ2) is 11.7. The van der Waals surface area contributed by atoms with Crippen LogP contribution in [0.4, 0.5) is 5.69 Å². The summed E-state index contributed by atoms with van der Waals surface area (Å²) in [4.78, 5) is 34.5. The molecular weight excluding hydrogens is 418 g/mol. The number of nitriles is 1. The van der Waals surface area contributed by atoms with Crippen molar-refractivity contribution < 1.29 is 28.7 Å². The zero-order valence-corrected chi connectivity index (χ0v) is 17.5. The number of benzene rings is 2. The van der Waals surface area contributed by atoms with Crippen molar-refractivity contribution in [3.63, 3.8) is 0 Å². The van der Waals surface area contributed by atoms with Crippen LogP contribution in [0.5, 0.6) is 17.2 Å². The van der Waals surface area contributed by atoms with Crippen LogP contribution in [0.3, 0.4) is 0 Å². The average Bonchev–Trinajstić information content (AvgIpc) is 2.80. The highest BCUT2D eigenvalue weighted by Crippen LogP contribution is 2.30. The van der Waals surface area contributed by atoms with Crippen LogP contribution in [0.25, 0.3) is 6.08 Å². The normalized spacial score (nSPS) is 10.6. The molecule has 10 heteroatoms. The van der Waals surface area contributed by atoms with Crippen LogP contribution in [-0.2, 0) is 9.59 Å². The Morgan fingerprint density at radius 1 is 1.19 bits per heavy atom. The molecule has 1 N–H and O–H groups in total. The molecule has 1 amide bonds. The number of hydrogen-bond donors (Lipinski definition) is 1. The predicted molar refractivity (Wildman–Crippen MR) is 114 cm³/mol. The number of nitrogens with one attached hydrogen (secondary N) is 1. The predicted octanol–water partition coefficient (Wildman–Crippen LogP) is 3.02. The molecule has 0 bridgehead atoms.